The van der Waals surface area contributed by atoms with Gasteiger partial charge in [0.15, 0.2) is 0 Å². The standard InChI is InChI=1S/C20H21N5OS/c1-27-19-12-21-11-17(23-19)20(26)24-16-8-5-9-18-15(16)10-22-25(18)13-14-6-3-2-4-7-14/h2-4,6-7,10-12,16H,5,8-9,13H2,1H3,(H,24,26). The van der Waals surface area contributed by atoms with Gasteiger partial charge in [0.2, 0.25) is 0 Å². The van der Waals surface area contributed by atoms with Crippen molar-refractivity contribution >= 4 is 17.7 Å². The van der Waals surface area contributed by atoms with Crippen molar-refractivity contribution in [3.63, 3.8) is 0 Å². The molecule has 0 aliphatic heterocycles. The first-order valence-electron chi connectivity index (χ1n) is 9.00. The fourth-order valence-corrected chi connectivity index (χ4v) is 3.81. The molecule has 1 aromatic carbocycles. The zero-order valence-electron chi connectivity index (χ0n) is 15.1. The fraction of sp³-hybridized carbons (Fsp3) is 0.300. The smallest absolute Gasteiger partial charge is 0.272 e. The first-order valence-corrected chi connectivity index (χ1v) is 10.2. The minimum Gasteiger partial charge on any atom is -0.344 e. The van der Waals surface area contributed by atoms with Crippen molar-refractivity contribution in [1.82, 2.24) is 25.1 Å². The van der Waals surface area contributed by atoms with E-state index >= 15 is 0 Å². The van der Waals surface area contributed by atoms with E-state index in [-0.39, 0.29) is 11.9 Å². The Balaban J connectivity index is 1.52. The lowest BCUT2D eigenvalue weighted by Crippen LogP contribution is -2.31. The zero-order valence-corrected chi connectivity index (χ0v) is 15.9. The Labute approximate surface area is 162 Å². The van der Waals surface area contributed by atoms with Crippen LogP contribution in [0.15, 0.2) is 53.9 Å². The largest absolute Gasteiger partial charge is 0.344 e. The SMILES string of the molecule is CSc1cncc(C(=O)NC2CCCc3c2cnn3Cc2ccccc2)n1. The molecule has 0 saturated carbocycles. The van der Waals surface area contributed by atoms with Crippen LogP contribution in [0.4, 0.5) is 0 Å². The van der Waals surface area contributed by atoms with Gasteiger partial charge in [-0.3, -0.25) is 14.5 Å². The molecule has 1 aliphatic carbocycles. The second-order valence-corrected chi connectivity index (χ2v) is 7.38. The van der Waals surface area contributed by atoms with E-state index in [9.17, 15) is 4.79 Å². The highest BCUT2D eigenvalue weighted by Crippen LogP contribution is 2.30. The highest BCUT2D eigenvalue weighted by Gasteiger charge is 2.26. The zero-order chi connectivity index (χ0) is 18.6. The van der Waals surface area contributed by atoms with Gasteiger partial charge in [-0.25, -0.2) is 4.98 Å². The summed E-state index contributed by atoms with van der Waals surface area (Å²) < 4.78 is 2.05. The molecular weight excluding hydrogens is 358 g/mol. The van der Waals surface area contributed by atoms with Gasteiger partial charge >= 0.3 is 0 Å². The molecule has 7 heteroatoms. The van der Waals surface area contributed by atoms with Crippen LogP contribution in [0, 0.1) is 0 Å². The minimum atomic E-state index is -0.188. The lowest BCUT2D eigenvalue weighted by Gasteiger charge is -2.24. The number of nitrogens with one attached hydrogen (secondary N) is 1. The maximum Gasteiger partial charge on any atom is 0.272 e. The molecular formula is C20H21N5OS. The molecule has 27 heavy (non-hydrogen) atoms. The maximum absolute atomic E-state index is 12.6. The quantitative estimate of drug-likeness (QED) is 0.689. The Morgan fingerprint density at radius 1 is 1.26 bits per heavy atom. The Kier molecular flexibility index (Phi) is 5.20. The first-order chi connectivity index (χ1) is 13.2. The summed E-state index contributed by atoms with van der Waals surface area (Å²) in [6.45, 7) is 0.748. The minimum absolute atomic E-state index is 0.0366. The number of aromatic nitrogens is 4. The van der Waals surface area contributed by atoms with Crippen molar-refractivity contribution in [2.45, 2.75) is 36.9 Å². The molecule has 1 unspecified atom stereocenters. The molecule has 6 nitrogen and oxygen atoms in total. The van der Waals surface area contributed by atoms with Gasteiger partial charge in [-0.05, 0) is 31.1 Å². The summed E-state index contributed by atoms with van der Waals surface area (Å²) in [4.78, 5) is 21.1. The summed E-state index contributed by atoms with van der Waals surface area (Å²) in [7, 11) is 0. The third kappa shape index (κ3) is 3.88. The van der Waals surface area contributed by atoms with Crippen molar-refractivity contribution in [3.8, 4) is 0 Å². The molecule has 1 N–H and O–H groups in total. The van der Waals surface area contributed by atoms with E-state index in [0.29, 0.717) is 5.69 Å². The number of hydrogen-bond donors (Lipinski definition) is 1. The van der Waals surface area contributed by atoms with Gasteiger partial charge < -0.3 is 5.32 Å². The Hall–Kier alpha value is -2.67. The first kappa shape index (κ1) is 17.7. The number of nitrogens with zero attached hydrogens (tertiary/aromatic N) is 4. The molecule has 0 spiro atoms. The highest BCUT2D eigenvalue weighted by atomic mass is 32.2. The second-order valence-electron chi connectivity index (χ2n) is 6.55. The molecule has 3 aromatic rings. The summed E-state index contributed by atoms with van der Waals surface area (Å²) in [6.07, 6.45) is 9.90. The van der Waals surface area contributed by atoms with E-state index in [1.165, 1.54) is 29.2 Å². The van der Waals surface area contributed by atoms with Crippen LogP contribution in [-0.2, 0) is 13.0 Å². The Morgan fingerprint density at radius 2 is 2.11 bits per heavy atom. The lowest BCUT2D eigenvalue weighted by atomic mass is 9.92. The van der Waals surface area contributed by atoms with E-state index in [2.05, 4.69) is 37.2 Å². The molecule has 0 radical (unpaired) electrons. The normalized spacial score (nSPS) is 16.0. The monoisotopic (exact) mass is 379 g/mol. The van der Waals surface area contributed by atoms with Gasteiger partial charge in [0.25, 0.3) is 5.91 Å². The van der Waals surface area contributed by atoms with Gasteiger partial charge in [-0.15, -0.1) is 11.8 Å². The average molecular weight is 379 g/mol. The third-order valence-electron chi connectivity index (χ3n) is 4.80. The number of rotatable bonds is 5. The predicted octanol–water partition coefficient (Wildman–Crippen LogP) is 3.25. The molecule has 1 atom stereocenters. The van der Waals surface area contributed by atoms with Crippen LogP contribution in [0.1, 0.15) is 46.2 Å². The summed E-state index contributed by atoms with van der Waals surface area (Å²) >= 11 is 1.47. The highest BCUT2D eigenvalue weighted by molar-refractivity contribution is 7.98. The van der Waals surface area contributed by atoms with Crippen molar-refractivity contribution in [2.75, 3.05) is 6.26 Å². The van der Waals surface area contributed by atoms with Crippen LogP contribution in [0.2, 0.25) is 0 Å². The molecule has 1 amide bonds. The molecule has 0 bridgehead atoms. The number of carbonyl (C=O) groups is 1. The topological polar surface area (TPSA) is 72.7 Å². The number of hydrogen-bond acceptors (Lipinski definition) is 5. The van der Waals surface area contributed by atoms with Crippen LogP contribution in [0.5, 0.6) is 0 Å². The van der Waals surface area contributed by atoms with Crippen LogP contribution in [0.3, 0.4) is 0 Å². The van der Waals surface area contributed by atoms with E-state index < -0.39 is 0 Å². The van der Waals surface area contributed by atoms with Gasteiger partial charge in [-0.2, -0.15) is 5.10 Å². The van der Waals surface area contributed by atoms with Crippen LogP contribution < -0.4 is 5.32 Å². The van der Waals surface area contributed by atoms with Crippen LogP contribution in [0.25, 0.3) is 0 Å². The number of amides is 1. The summed E-state index contributed by atoms with van der Waals surface area (Å²) in [5, 5.41) is 8.44. The molecule has 2 aromatic heterocycles. The number of thioether (sulfide) groups is 1. The van der Waals surface area contributed by atoms with Gasteiger partial charge in [0.1, 0.15) is 10.7 Å². The fourth-order valence-electron chi connectivity index (χ4n) is 3.45. The third-order valence-corrected chi connectivity index (χ3v) is 5.41. The maximum atomic E-state index is 12.6. The van der Waals surface area contributed by atoms with E-state index in [1.807, 2.05) is 30.7 Å². The van der Waals surface area contributed by atoms with Crippen LogP contribution >= 0.6 is 11.8 Å². The van der Waals surface area contributed by atoms with Crippen molar-refractivity contribution in [2.24, 2.45) is 0 Å². The Bertz CT molecular complexity index is 941. The molecule has 2 heterocycles. The number of carbonyl (C=O) groups excluding carboxylic acids is 1. The van der Waals surface area contributed by atoms with Crippen molar-refractivity contribution < 1.29 is 4.79 Å². The second kappa shape index (κ2) is 7.92. The summed E-state index contributed by atoms with van der Waals surface area (Å²) in [5.41, 5.74) is 3.89. The summed E-state index contributed by atoms with van der Waals surface area (Å²) in [6, 6.07) is 10.3. The Morgan fingerprint density at radius 3 is 2.93 bits per heavy atom. The van der Waals surface area contributed by atoms with E-state index in [1.54, 1.807) is 6.20 Å². The van der Waals surface area contributed by atoms with Gasteiger partial charge in [-0.1, -0.05) is 30.3 Å². The van der Waals surface area contributed by atoms with Crippen LogP contribution in [-0.4, -0.2) is 31.9 Å². The van der Waals surface area contributed by atoms with Gasteiger partial charge in [0.05, 0.1) is 31.2 Å². The van der Waals surface area contributed by atoms with Crippen molar-refractivity contribution in [3.05, 3.63) is 71.4 Å². The van der Waals surface area contributed by atoms with E-state index in [4.69, 9.17) is 0 Å². The molecule has 4 rings (SSSR count). The predicted molar refractivity (Wildman–Crippen MR) is 105 cm³/mol. The molecule has 0 fully saturated rings. The van der Waals surface area contributed by atoms with Crippen molar-refractivity contribution in [1.29, 1.82) is 0 Å². The molecule has 0 saturated heterocycles. The lowest BCUT2D eigenvalue weighted by molar-refractivity contribution is 0.0926. The number of fused-ring (bicyclic) bond motifs is 1. The summed E-state index contributed by atoms with van der Waals surface area (Å²) in [5.74, 6) is -0.188. The molecule has 138 valence electrons. The average Bonchev–Trinajstić information content (AvgIpc) is 3.12. The molecule has 1 aliphatic rings. The number of benzene rings is 1. The van der Waals surface area contributed by atoms with E-state index in [0.717, 1.165) is 36.4 Å². The van der Waals surface area contributed by atoms with Gasteiger partial charge in [0, 0.05) is 11.3 Å².